The van der Waals surface area contributed by atoms with E-state index < -0.39 is 18.0 Å². The van der Waals surface area contributed by atoms with Crippen LogP contribution in [0.15, 0.2) is 35.3 Å². The third kappa shape index (κ3) is 5.06. The van der Waals surface area contributed by atoms with E-state index in [1.165, 1.54) is 6.92 Å². The molecule has 3 heterocycles. The molecule has 1 unspecified atom stereocenters. The zero-order chi connectivity index (χ0) is 24.4. The minimum absolute atomic E-state index is 0.0520. The van der Waals surface area contributed by atoms with Crippen LogP contribution in [-0.2, 0) is 34.3 Å². The van der Waals surface area contributed by atoms with Crippen molar-refractivity contribution in [2.45, 2.75) is 45.4 Å². The van der Waals surface area contributed by atoms with Crippen LogP contribution < -0.4 is 5.56 Å². The largest absolute Gasteiger partial charge is 0.481 e. The maximum Gasteiger partial charge on any atom is 0.309 e. The second-order valence-corrected chi connectivity index (χ2v) is 8.99. The van der Waals surface area contributed by atoms with Crippen molar-refractivity contribution >= 4 is 17.0 Å². The number of aliphatic hydroxyl groups is 1. The van der Waals surface area contributed by atoms with Crippen molar-refractivity contribution in [2.24, 2.45) is 13.0 Å². The number of aliphatic hydroxyl groups excluding tert-OH is 1. The molecule has 34 heavy (non-hydrogen) atoms. The van der Waals surface area contributed by atoms with Gasteiger partial charge in [-0.15, -0.1) is 0 Å². The molecule has 1 aliphatic heterocycles. The van der Waals surface area contributed by atoms with E-state index in [0.29, 0.717) is 44.8 Å². The van der Waals surface area contributed by atoms with E-state index in [1.54, 1.807) is 24.7 Å². The molecule has 0 spiro atoms. The summed E-state index contributed by atoms with van der Waals surface area (Å²) in [6.45, 7) is 5.47. The standard InChI is InChI=1S/C25H31N3O6/c1-15-10-18(12-27(3)24(15)30)23-26-21-11-17(4-6-20(16(2)29)25(31)32)5-7-22(21)28(23)13-19-14-33-8-9-34-19/h5,7,10-12,16,19-20,29H,4,6,8-9,13-14H2,1-3H3,(H,31,32)/t16-,19?,20+/m1/s1. The molecule has 4 rings (SSSR count). The minimum atomic E-state index is -0.998. The Morgan fingerprint density at radius 2 is 2.09 bits per heavy atom. The molecule has 9 heteroatoms. The van der Waals surface area contributed by atoms with E-state index in [-0.39, 0.29) is 11.7 Å². The Labute approximate surface area is 197 Å². The lowest BCUT2D eigenvalue weighted by Gasteiger charge is -2.24. The number of fused-ring (bicyclic) bond motifs is 1. The topological polar surface area (TPSA) is 116 Å². The summed E-state index contributed by atoms with van der Waals surface area (Å²) < 4.78 is 15.1. The number of pyridine rings is 1. The van der Waals surface area contributed by atoms with E-state index in [9.17, 15) is 19.8 Å². The second kappa shape index (κ2) is 10.1. The lowest BCUT2D eigenvalue weighted by Crippen LogP contribution is -2.32. The number of hydrogen-bond donors (Lipinski definition) is 2. The van der Waals surface area contributed by atoms with Crippen LogP contribution in [-0.4, -0.2) is 62.3 Å². The summed E-state index contributed by atoms with van der Waals surface area (Å²) in [5.41, 5.74) is 4.06. The van der Waals surface area contributed by atoms with Gasteiger partial charge in [-0.3, -0.25) is 9.59 Å². The fraction of sp³-hybridized carbons (Fsp3) is 0.480. The van der Waals surface area contributed by atoms with Crippen molar-refractivity contribution < 1.29 is 24.5 Å². The number of rotatable bonds is 8. The maximum absolute atomic E-state index is 12.2. The molecular weight excluding hydrogens is 438 g/mol. The molecule has 2 N–H and O–H groups in total. The average molecular weight is 470 g/mol. The van der Waals surface area contributed by atoms with Gasteiger partial charge in [0.2, 0.25) is 0 Å². The van der Waals surface area contributed by atoms with Crippen LogP contribution in [0.5, 0.6) is 0 Å². The van der Waals surface area contributed by atoms with Crippen LogP contribution in [0.1, 0.15) is 24.5 Å². The van der Waals surface area contributed by atoms with E-state index >= 15 is 0 Å². The number of aryl methyl sites for hydroxylation is 3. The Morgan fingerprint density at radius 3 is 2.74 bits per heavy atom. The maximum atomic E-state index is 12.2. The zero-order valence-electron chi connectivity index (χ0n) is 19.7. The third-order valence-electron chi connectivity index (χ3n) is 6.35. The van der Waals surface area contributed by atoms with Crippen LogP contribution in [0.25, 0.3) is 22.4 Å². The van der Waals surface area contributed by atoms with Crippen molar-refractivity contribution in [1.82, 2.24) is 14.1 Å². The molecule has 0 bridgehead atoms. The molecular formula is C25H31N3O6. The highest BCUT2D eigenvalue weighted by Gasteiger charge is 2.24. The molecule has 182 valence electrons. The minimum Gasteiger partial charge on any atom is -0.481 e. The fourth-order valence-electron chi connectivity index (χ4n) is 4.47. The first kappa shape index (κ1) is 24.1. The van der Waals surface area contributed by atoms with E-state index in [2.05, 4.69) is 4.57 Å². The predicted molar refractivity (Wildman–Crippen MR) is 127 cm³/mol. The number of carboxylic acids is 1. The first-order valence-electron chi connectivity index (χ1n) is 11.5. The summed E-state index contributed by atoms with van der Waals surface area (Å²) in [7, 11) is 1.73. The molecule has 2 aromatic heterocycles. The Morgan fingerprint density at radius 1 is 1.29 bits per heavy atom. The number of imidazole rings is 1. The molecule has 1 aliphatic rings. The number of hydrogen-bond acceptors (Lipinski definition) is 6. The van der Waals surface area contributed by atoms with Gasteiger partial charge in [0.25, 0.3) is 5.56 Å². The Balaban J connectivity index is 1.72. The summed E-state index contributed by atoms with van der Waals surface area (Å²) in [4.78, 5) is 28.6. The Bertz CT molecular complexity index is 1210. The number of aliphatic carboxylic acids is 1. The third-order valence-corrected chi connectivity index (χ3v) is 6.35. The summed E-state index contributed by atoms with van der Waals surface area (Å²) in [6.07, 6.45) is 1.60. The monoisotopic (exact) mass is 469 g/mol. The van der Waals surface area contributed by atoms with Crippen LogP contribution in [0.2, 0.25) is 0 Å². The summed E-state index contributed by atoms with van der Waals surface area (Å²) in [5.74, 6) is -1.09. The molecule has 9 nitrogen and oxygen atoms in total. The predicted octanol–water partition coefficient (Wildman–Crippen LogP) is 2.14. The first-order chi connectivity index (χ1) is 16.2. The van der Waals surface area contributed by atoms with Crippen LogP contribution >= 0.6 is 0 Å². The summed E-state index contributed by atoms with van der Waals surface area (Å²) in [5, 5.41) is 19.1. The van der Waals surface area contributed by atoms with Crippen LogP contribution in [0, 0.1) is 12.8 Å². The molecule has 0 amide bonds. The van der Waals surface area contributed by atoms with E-state index in [4.69, 9.17) is 14.5 Å². The van der Waals surface area contributed by atoms with E-state index in [1.807, 2.05) is 24.3 Å². The molecule has 1 saturated heterocycles. The van der Waals surface area contributed by atoms with Crippen molar-refractivity contribution in [1.29, 1.82) is 0 Å². The first-order valence-corrected chi connectivity index (χ1v) is 11.5. The van der Waals surface area contributed by atoms with Gasteiger partial charge < -0.3 is 28.8 Å². The smallest absolute Gasteiger partial charge is 0.309 e. The molecule has 0 radical (unpaired) electrons. The van der Waals surface area contributed by atoms with E-state index in [0.717, 1.165) is 28.0 Å². The summed E-state index contributed by atoms with van der Waals surface area (Å²) >= 11 is 0. The van der Waals surface area contributed by atoms with Crippen LogP contribution in [0.4, 0.5) is 0 Å². The SMILES string of the molecule is Cc1cc(-c2nc3cc(CC[C@H](C(=O)O)[C@@H](C)O)ccc3n2CC2COCCO2)cn(C)c1=O. The van der Waals surface area contributed by atoms with Crippen molar-refractivity contribution in [3.8, 4) is 11.4 Å². The molecule has 0 aliphatic carbocycles. The molecule has 1 fully saturated rings. The summed E-state index contributed by atoms with van der Waals surface area (Å²) in [6, 6.07) is 7.76. The molecule has 0 saturated carbocycles. The van der Waals surface area contributed by atoms with Gasteiger partial charge in [0, 0.05) is 24.4 Å². The van der Waals surface area contributed by atoms with Gasteiger partial charge >= 0.3 is 5.97 Å². The quantitative estimate of drug-likeness (QED) is 0.519. The molecule has 1 aromatic carbocycles. The highest BCUT2D eigenvalue weighted by atomic mass is 16.6. The lowest BCUT2D eigenvalue weighted by atomic mass is 9.95. The Hall–Kier alpha value is -3.01. The van der Waals surface area contributed by atoms with Gasteiger partial charge in [-0.2, -0.15) is 0 Å². The van der Waals surface area contributed by atoms with Crippen molar-refractivity contribution in [3.63, 3.8) is 0 Å². The van der Waals surface area contributed by atoms with Gasteiger partial charge in [0.1, 0.15) is 5.82 Å². The normalized spacial score (nSPS) is 18.2. The highest BCUT2D eigenvalue weighted by Crippen LogP contribution is 2.27. The number of nitrogens with zero attached hydrogens (tertiary/aromatic N) is 3. The van der Waals surface area contributed by atoms with Gasteiger partial charge in [0.05, 0.1) is 55.5 Å². The number of carboxylic acid groups (broad SMARTS) is 1. The van der Waals surface area contributed by atoms with Gasteiger partial charge in [-0.05, 0) is 50.5 Å². The fourth-order valence-corrected chi connectivity index (χ4v) is 4.47. The zero-order valence-corrected chi connectivity index (χ0v) is 19.7. The Kier molecular flexibility index (Phi) is 7.16. The van der Waals surface area contributed by atoms with Crippen LogP contribution in [0.3, 0.4) is 0 Å². The molecule has 3 atom stereocenters. The van der Waals surface area contributed by atoms with Crippen molar-refractivity contribution in [3.05, 3.63) is 51.9 Å². The van der Waals surface area contributed by atoms with Gasteiger partial charge in [-0.25, -0.2) is 4.98 Å². The highest BCUT2D eigenvalue weighted by molar-refractivity contribution is 5.81. The number of ether oxygens (including phenoxy) is 2. The second-order valence-electron chi connectivity index (χ2n) is 8.99. The number of benzene rings is 1. The van der Waals surface area contributed by atoms with Gasteiger partial charge in [0.15, 0.2) is 0 Å². The number of aromatic nitrogens is 3. The van der Waals surface area contributed by atoms with Gasteiger partial charge in [-0.1, -0.05) is 6.07 Å². The lowest BCUT2D eigenvalue weighted by molar-refractivity contribution is -0.145. The average Bonchev–Trinajstić information content (AvgIpc) is 3.15. The van der Waals surface area contributed by atoms with Crippen molar-refractivity contribution in [2.75, 3.05) is 19.8 Å². The molecule has 3 aromatic rings. The number of carbonyl (C=O) groups is 1.